The summed E-state index contributed by atoms with van der Waals surface area (Å²) in [4.78, 5) is 24.2. The van der Waals surface area contributed by atoms with Gasteiger partial charge in [0.2, 0.25) is 0 Å². The number of hydrogen-bond acceptors (Lipinski definition) is 6. The van der Waals surface area contributed by atoms with Gasteiger partial charge < -0.3 is 19.5 Å². The highest BCUT2D eigenvalue weighted by atomic mass is 16.5. The zero-order valence-corrected chi connectivity index (χ0v) is 23.1. The highest BCUT2D eigenvalue weighted by Crippen LogP contribution is 2.43. The second-order valence-electron chi connectivity index (χ2n) is 12.1. The van der Waals surface area contributed by atoms with Crippen molar-refractivity contribution in [1.29, 1.82) is 0 Å². The molecule has 1 atom stereocenters. The lowest BCUT2D eigenvalue weighted by Gasteiger charge is -2.40. The minimum absolute atomic E-state index is 0.249. The summed E-state index contributed by atoms with van der Waals surface area (Å²) in [6.07, 6.45) is 11.0. The van der Waals surface area contributed by atoms with Crippen LogP contribution in [0, 0.1) is 18.3 Å². The molecule has 0 bridgehead atoms. The highest BCUT2D eigenvalue weighted by Gasteiger charge is 2.36. The van der Waals surface area contributed by atoms with Crippen molar-refractivity contribution in [1.82, 2.24) is 9.97 Å². The number of ether oxygens (including phenoxy) is 2. The Morgan fingerprint density at radius 1 is 1.14 bits per heavy atom. The standard InChI is InChI=1S/C30H41N3O4/c1-20-25(27(28(34)35)37-29(2,3)4)26(33-15-13-30(5,6)14-16-33)23(18-31-20)24-12-11-22(17-32-24)36-19-21-9-7-8-10-21/h7-8,11-12,17-18,21,27H,9-10,13-16,19H2,1-6H3,(H,34,35)/t27-/m0/s1. The van der Waals surface area contributed by atoms with Crippen molar-refractivity contribution >= 4 is 11.7 Å². The Balaban J connectivity index is 1.73. The number of carboxylic acid groups (broad SMARTS) is 1. The number of pyridine rings is 2. The molecule has 4 rings (SSSR count). The SMILES string of the molecule is Cc1ncc(-c2ccc(OCC3CC=CC3)cn2)c(N2CCC(C)(C)CC2)c1[C@H](OC(C)(C)C)C(=O)O. The summed E-state index contributed by atoms with van der Waals surface area (Å²) in [6.45, 7) is 14.4. The van der Waals surface area contributed by atoms with Crippen LogP contribution in [0.1, 0.15) is 77.7 Å². The van der Waals surface area contributed by atoms with Gasteiger partial charge in [-0.05, 0) is 76.8 Å². The van der Waals surface area contributed by atoms with E-state index in [1.54, 1.807) is 6.20 Å². The predicted molar refractivity (Wildman–Crippen MR) is 146 cm³/mol. The number of aromatic nitrogens is 2. The average molecular weight is 508 g/mol. The van der Waals surface area contributed by atoms with Crippen LogP contribution in [-0.4, -0.2) is 46.3 Å². The molecule has 0 saturated carbocycles. The van der Waals surface area contributed by atoms with Gasteiger partial charge in [-0.3, -0.25) is 9.97 Å². The zero-order valence-electron chi connectivity index (χ0n) is 23.1. The molecule has 0 spiro atoms. The lowest BCUT2D eigenvalue weighted by Crippen LogP contribution is -2.39. The first-order valence-corrected chi connectivity index (χ1v) is 13.3. The van der Waals surface area contributed by atoms with Crippen molar-refractivity contribution in [3.8, 4) is 17.0 Å². The second kappa shape index (κ2) is 10.8. The van der Waals surface area contributed by atoms with E-state index in [0.29, 0.717) is 23.8 Å². The Kier molecular flexibility index (Phi) is 7.93. The van der Waals surface area contributed by atoms with E-state index in [4.69, 9.17) is 14.5 Å². The molecule has 1 saturated heterocycles. The van der Waals surface area contributed by atoms with Crippen LogP contribution in [0.3, 0.4) is 0 Å². The monoisotopic (exact) mass is 507 g/mol. The van der Waals surface area contributed by atoms with Gasteiger partial charge in [-0.25, -0.2) is 4.79 Å². The van der Waals surface area contributed by atoms with E-state index >= 15 is 0 Å². The maximum absolute atomic E-state index is 12.5. The van der Waals surface area contributed by atoms with Crippen molar-refractivity contribution in [2.24, 2.45) is 11.3 Å². The van der Waals surface area contributed by atoms with Crippen LogP contribution >= 0.6 is 0 Å². The van der Waals surface area contributed by atoms with Gasteiger partial charge in [0.1, 0.15) is 5.75 Å². The molecule has 0 unspecified atom stereocenters. The molecule has 37 heavy (non-hydrogen) atoms. The first kappa shape index (κ1) is 27.1. The molecule has 7 heteroatoms. The fourth-order valence-corrected chi connectivity index (χ4v) is 5.02. The summed E-state index contributed by atoms with van der Waals surface area (Å²) in [5.74, 6) is 0.236. The summed E-state index contributed by atoms with van der Waals surface area (Å²) in [6, 6.07) is 3.88. The van der Waals surface area contributed by atoms with Gasteiger partial charge >= 0.3 is 5.97 Å². The van der Waals surface area contributed by atoms with E-state index < -0.39 is 17.7 Å². The summed E-state index contributed by atoms with van der Waals surface area (Å²) >= 11 is 0. The molecule has 3 heterocycles. The molecule has 1 fully saturated rings. The normalized spacial score (nSPS) is 18.7. The van der Waals surface area contributed by atoms with Crippen LogP contribution in [-0.2, 0) is 9.53 Å². The average Bonchev–Trinajstić information content (AvgIpc) is 3.35. The molecule has 2 aromatic rings. The number of aliphatic carboxylic acids is 1. The molecule has 1 aliphatic carbocycles. The van der Waals surface area contributed by atoms with Gasteiger partial charge in [0.25, 0.3) is 0 Å². The van der Waals surface area contributed by atoms with Crippen LogP contribution in [0.4, 0.5) is 5.69 Å². The molecule has 0 aromatic carbocycles. The zero-order chi connectivity index (χ0) is 26.8. The third-order valence-corrected chi connectivity index (χ3v) is 7.28. The van der Waals surface area contributed by atoms with E-state index in [1.165, 1.54) is 0 Å². The summed E-state index contributed by atoms with van der Waals surface area (Å²) in [5, 5.41) is 10.3. The first-order valence-electron chi connectivity index (χ1n) is 13.3. The Labute approximate surface area is 220 Å². The number of rotatable bonds is 8. The van der Waals surface area contributed by atoms with Crippen molar-refractivity contribution in [2.45, 2.75) is 78.9 Å². The number of hydrogen-bond donors (Lipinski definition) is 1. The summed E-state index contributed by atoms with van der Waals surface area (Å²) in [7, 11) is 0. The number of carbonyl (C=O) groups is 1. The van der Waals surface area contributed by atoms with Crippen molar-refractivity contribution in [3.63, 3.8) is 0 Å². The van der Waals surface area contributed by atoms with Crippen molar-refractivity contribution in [3.05, 3.63) is 47.9 Å². The molecule has 1 aliphatic heterocycles. The lowest BCUT2D eigenvalue weighted by molar-refractivity contribution is -0.160. The second-order valence-corrected chi connectivity index (χ2v) is 12.1. The first-order chi connectivity index (χ1) is 17.4. The molecular formula is C30H41N3O4. The number of anilines is 1. The predicted octanol–water partition coefficient (Wildman–Crippen LogP) is 6.36. The smallest absolute Gasteiger partial charge is 0.337 e. The fraction of sp³-hybridized carbons (Fsp3) is 0.567. The third-order valence-electron chi connectivity index (χ3n) is 7.28. The van der Waals surface area contributed by atoms with Crippen molar-refractivity contribution < 1.29 is 19.4 Å². The molecule has 0 radical (unpaired) electrons. The maximum atomic E-state index is 12.5. The van der Waals surface area contributed by atoms with Crippen LogP contribution < -0.4 is 9.64 Å². The Hall–Kier alpha value is -2.93. The van der Waals surface area contributed by atoms with E-state index in [1.807, 2.05) is 46.0 Å². The van der Waals surface area contributed by atoms with Crippen molar-refractivity contribution in [2.75, 3.05) is 24.6 Å². The van der Waals surface area contributed by atoms with Crippen LogP contribution in [0.2, 0.25) is 0 Å². The molecule has 2 aromatic heterocycles. The molecule has 2 aliphatic rings. The lowest BCUT2D eigenvalue weighted by atomic mass is 9.82. The van der Waals surface area contributed by atoms with Crippen LogP contribution in [0.5, 0.6) is 5.75 Å². The number of piperidine rings is 1. The molecule has 200 valence electrons. The molecular weight excluding hydrogens is 466 g/mol. The van der Waals surface area contributed by atoms with Gasteiger partial charge in [0, 0.05) is 36.1 Å². The molecule has 0 amide bonds. The third kappa shape index (κ3) is 6.69. The largest absolute Gasteiger partial charge is 0.492 e. The van der Waals surface area contributed by atoms with Crippen LogP contribution in [0.15, 0.2) is 36.7 Å². The van der Waals surface area contributed by atoms with Crippen LogP contribution in [0.25, 0.3) is 11.3 Å². The summed E-state index contributed by atoms with van der Waals surface area (Å²) in [5.41, 5.74) is 3.29. The highest BCUT2D eigenvalue weighted by molar-refractivity contribution is 5.85. The van der Waals surface area contributed by atoms with Gasteiger partial charge in [-0.15, -0.1) is 0 Å². The number of carboxylic acids is 1. The molecule has 7 nitrogen and oxygen atoms in total. The molecule has 1 N–H and O–H groups in total. The van der Waals surface area contributed by atoms with Gasteiger partial charge in [0.15, 0.2) is 6.10 Å². The minimum Gasteiger partial charge on any atom is -0.492 e. The van der Waals surface area contributed by atoms with Gasteiger partial charge in [0.05, 0.1) is 29.8 Å². The van der Waals surface area contributed by atoms with E-state index in [-0.39, 0.29) is 5.41 Å². The minimum atomic E-state index is -1.14. The Bertz CT molecular complexity index is 1120. The number of aryl methyl sites for hydroxylation is 1. The van der Waals surface area contributed by atoms with Gasteiger partial charge in [-0.2, -0.15) is 0 Å². The van der Waals surface area contributed by atoms with E-state index in [0.717, 1.165) is 61.5 Å². The van der Waals surface area contributed by atoms with E-state index in [2.05, 4.69) is 35.9 Å². The number of nitrogens with zero attached hydrogens (tertiary/aromatic N) is 3. The topological polar surface area (TPSA) is 84.8 Å². The Morgan fingerprint density at radius 3 is 2.38 bits per heavy atom. The van der Waals surface area contributed by atoms with Gasteiger partial charge in [-0.1, -0.05) is 26.0 Å². The number of allylic oxidation sites excluding steroid dienone is 2. The quantitative estimate of drug-likeness (QED) is 0.416. The Morgan fingerprint density at radius 2 is 1.81 bits per heavy atom. The maximum Gasteiger partial charge on any atom is 0.337 e. The summed E-state index contributed by atoms with van der Waals surface area (Å²) < 4.78 is 12.1. The van der Waals surface area contributed by atoms with E-state index in [9.17, 15) is 9.90 Å². The fourth-order valence-electron chi connectivity index (χ4n) is 5.02.